The van der Waals surface area contributed by atoms with Gasteiger partial charge >= 0.3 is 0 Å². The number of aromatic nitrogens is 1. The molecule has 3 aromatic rings. The molecule has 0 aliphatic heterocycles. The van der Waals surface area contributed by atoms with Gasteiger partial charge in [-0.3, -0.25) is 9.78 Å². The quantitative estimate of drug-likeness (QED) is 0.705. The fourth-order valence-electron chi connectivity index (χ4n) is 2.03. The van der Waals surface area contributed by atoms with Crippen molar-refractivity contribution in [2.75, 3.05) is 11.9 Å². The van der Waals surface area contributed by atoms with E-state index in [1.54, 1.807) is 73.1 Å². The third kappa shape index (κ3) is 5.22. The first-order chi connectivity index (χ1) is 12.2. The second kappa shape index (κ2) is 8.17. The number of benzene rings is 2. The first-order valence-corrected chi connectivity index (χ1v) is 7.93. The number of halogens is 1. The van der Waals surface area contributed by atoms with E-state index in [4.69, 9.17) is 21.1 Å². The lowest BCUT2D eigenvalue weighted by Gasteiger charge is -2.09. The molecule has 2 aromatic carbocycles. The Kier molecular flexibility index (Phi) is 5.49. The van der Waals surface area contributed by atoms with E-state index in [0.717, 1.165) is 0 Å². The van der Waals surface area contributed by atoms with E-state index in [1.165, 1.54) is 0 Å². The second-order valence-electron chi connectivity index (χ2n) is 5.10. The lowest BCUT2D eigenvalue weighted by Crippen LogP contribution is -2.20. The zero-order valence-corrected chi connectivity index (χ0v) is 13.9. The highest BCUT2D eigenvalue weighted by Gasteiger charge is 2.04. The number of ether oxygens (including phenoxy) is 2. The van der Waals surface area contributed by atoms with E-state index >= 15 is 0 Å². The molecule has 5 nitrogen and oxygen atoms in total. The largest absolute Gasteiger partial charge is 0.484 e. The van der Waals surface area contributed by atoms with Crippen LogP contribution in [0.4, 0.5) is 5.69 Å². The van der Waals surface area contributed by atoms with Gasteiger partial charge in [-0.15, -0.1) is 0 Å². The monoisotopic (exact) mass is 354 g/mol. The highest BCUT2D eigenvalue weighted by Crippen LogP contribution is 2.23. The molecule has 0 saturated carbocycles. The number of nitrogens with one attached hydrogen (secondary N) is 1. The zero-order chi connectivity index (χ0) is 17.5. The Morgan fingerprint density at radius 1 is 0.880 bits per heavy atom. The summed E-state index contributed by atoms with van der Waals surface area (Å²) in [5.41, 5.74) is 0.666. The normalized spacial score (nSPS) is 10.1. The van der Waals surface area contributed by atoms with Crippen molar-refractivity contribution in [3.8, 4) is 17.2 Å². The van der Waals surface area contributed by atoms with Crippen molar-refractivity contribution < 1.29 is 14.3 Å². The van der Waals surface area contributed by atoms with Crippen molar-refractivity contribution in [1.82, 2.24) is 4.98 Å². The van der Waals surface area contributed by atoms with Gasteiger partial charge in [0.25, 0.3) is 5.91 Å². The predicted octanol–water partition coefficient (Wildman–Crippen LogP) is 4.54. The number of carbonyl (C=O) groups is 1. The number of nitrogens with zero attached hydrogens (tertiary/aromatic N) is 1. The zero-order valence-electron chi connectivity index (χ0n) is 13.2. The second-order valence-corrected chi connectivity index (χ2v) is 5.54. The van der Waals surface area contributed by atoms with Crippen LogP contribution in [0.15, 0.2) is 73.1 Å². The lowest BCUT2D eigenvalue weighted by molar-refractivity contribution is -0.118. The van der Waals surface area contributed by atoms with Gasteiger partial charge in [0.1, 0.15) is 17.2 Å². The standard InChI is InChI=1S/C19H15ClN2O3/c20-14-1-3-15(4-2-14)22-19(23)13-24-16-5-7-17(8-6-16)25-18-9-11-21-12-10-18/h1-12H,13H2,(H,22,23). The van der Waals surface area contributed by atoms with Gasteiger partial charge in [0.05, 0.1) is 0 Å². The van der Waals surface area contributed by atoms with Crippen LogP contribution in [-0.2, 0) is 4.79 Å². The molecule has 1 aromatic heterocycles. The summed E-state index contributed by atoms with van der Waals surface area (Å²) < 4.78 is 11.1. The Hall–Kier alpha value is -3.05. The number of carbonyl (C=O) groups excluding carboxylic acids is 1. The van der Waals surface area contributed by atoms with Gasteiger partial charge in [-0.1, -0.05) is 11.6 Å². The number of pyridine rings is 1. The van der Waals surface area contributed by atoms with Gasteiger partial charge in [-0.05, 0) is 60.7 Å². The third-order valence-corrected chi connectivity index (χ3v) is 3.46. The fraction of sp³-hybridized carbons (Fsp3) is 0.0526. The maximum absolute atomic E-state index is 11.9. The van der Waals surface area contributed by atoms with Crippen LogP contribution < -0.4 is 14.8 Å². The molecular formula is C19H15ClN2O3. The topological polar surface area (TPSA) is 60.5 Å². The lowest BCUT2D eigenvalue weighted by atomic mass is 10.3. The molecule has 0 fully saturated rings. The van der Waals surface area contributed by atoms with Gasteiger partial charge < -0.3 is 14.8 Å². The van der Waals surface area contributed by atoms with Crippen molar-refractivity contribution in [2.24, 2.45) is 0 Å². The minimum atomic E-state index is -0.251. The van der Waals surface area contributed by atoms with Crippen molar-refractivity contribution in [3.05, 3.63) is 78.1 Å². The van der Waals surface area contributed by atoms with Crippen molar-refractivity contribution >= 4 is 23.2 Å². The maximum atomic E-state index is 11.9. The molecule has 0 aliphatic rings. The molecule has 0 unspecified atom stereocenters. The van der Waals surface area contributed by atoms with E-state index in [2.05, 4.69) is 10.3 Å². The smallest absolute Gasteiger partial charge is 0.262 e. The molecule has 1 N–H and O–H groups in total. The molecule has 0 spiro atoms. The predicted molar refractivity (Wildman–Crippen MR) is 96.3 cm³/mol. The Morgan fingerprint density at radius 3 is 2.16 bits per heavy atom. The summed E-state index contributed by atoms with van der Waals surface area (Å²) in [4.78, 5) is 15.8. The molecular weight excluding hydrogens is 340 g/mol. The molecule has 25 heavy (non-hydrogen) atoms. The van der Waals surface area contributed by atoms with E-state index in [-0.39, 0.29) is 12.5 Å². The minimum absolute atomic E-state index is 0.0901. The maximum Gasteiger partial charge on any atom is 0.262 e. The third-order valence-electron chi connectivity index (χ3n) is 3.21. The van der Waals surface area contributed by atoms with Crippen LogP contribution in [0.25, 0.3) is 0 Å². The number of hydrogen-bond acceptors (Lipinski definition) is 4. The van der Waals surface area contributed by atoms with E-state index in [9.17, 15) is 4.79 Å². The van der Waals surface area contributed by atoms with Crippen LogP contribution in [0, 0.1) is 0 Å². The van der Waals surface area contributed by atoms with Crippen LogP contribution in [-0.4, -0.2) is 17.5 Å². The van der Waals surface area contributed by atoms with Gasteiger partial charge in [0.2, 0.25) is 0 Å². The molecule has 126 valence electrons. The minimum Gasteiger partial charge on any atom is -0.484 e. The van der Waals surface area contributed by atoms with E-state index in [0.29, 0.717) is 28.0 Å². The van der Waals surface area contributed by atoms with E-state index in [1.807, 2.05) is 0 Å². The number of amides is 1. The average Bonchev–Trinajstić information content (AvgIpc) is 2.64. The molecule has 0 bridgehead atoms. The molecule has 0 aliphatic carbocycles. The van der Waals surface area contributed by atoms with Gasteiger partial charge in [0.15, 0.2) is 6.61 Å². The summed E-state index contributed by atoms with van der Waals surface area (Å²) in [5, 5.41) is 3.34. The Balaban J connectivity index is 1.49. The molecule has 0 atom stereocenters. The summed E-state index contributed by atoms with van der Waals surface area (Å²) in [5.74, 6) is 1.70. The fourth-order valence-corrected chi connectivity index (χ4v) is 2.15. The van der Waals surface area contributed by atoms with Crippen LogP contribution in [0.1, 0.15) is 0 Å². The molecule has 3 rings (SSSR count). The first kappa shape index (κ1) is 16.8. The van der Waals surface area contributed by atoms with Crippen LogP contribution in [0.2, 0.25) is 5.02 Å². The molecule has 0 saturated heterocycles. The number of anilines is 1. The summed E-state index contributed by atoms with van der Waals surface area (Å²) in [6.07, 6.45) is 3.32. The van der Waals surface area contributed by atoms with Crippen LogP contribution in [0.5, 0.6) is 17.2 Å². The summed E-state index contributed by atoms with van der Waals surface area (Å²) in [6, 6.07) is 17.4. The molecule has 1 amide bonds. The van der Waals surface area contributed by atoms with E-state index < -0.39 is 0 Å². The van der Waals surface area contributed by atoms with Gasteiger partial charge in [-0.2, -0.15) is 0 Å². The first-order valence-electron chi connectivity index (χ1n) is 7.55. The molecule has 1 heterocycles. The Labute approximate surface area is 150 Å². The molecule has 0 radical (unpaired) electrons. The Morgan fingerprint density at radius 2 is 1.48 bits per heavy atom. The van der Waals surface area contributed by atoms with Gasteiger partial charge in [-0.25, -0.2) is 0 Å². The highest BCUT2D eigenvalue weighted by molar-refractivity contribution is 6.30. The van der Waals surface area contributed by atoms with Crippen molar-refractivity contribution in [3.63, 3.8) is 0 Å². The molecule has 6 heteroatoms. The van der Waals surface area contributed by atoms with Crippen molar-refractivity contribution in [2.45, 2.75) is 0 Å². The summed E-state index contributed by atoms with van der Waals surface area (Å²) in [6.45, 7) is -0.0901. The SMILES string of the molecule is O=C(COc1ccc(Oc2ccncc2)cc1)Nc1ccc(Cl)cc1. The summed E-state index contributed by atoms with van der Waals surface area (Å²) in [7, 11) is 0. The van der Waals surface area contributed by atoms with Gasteiger partial charge in [0, 0.05) is 23.1 Å². The Bertz CT molecular complexity index is 822. The average molecular weight is 355 g/mol. The van der Waals surface area contributed by atoms with Crippen LogP contribution in [0.3, 0.4) is 0 Å². The van der Waals surface area contributed by atoms with Crippen molar-refractivity contribution in [1.29, 1.82) is 0 Å². The number of hydrogen-bond donors (Lipinski definition) is 1. The highest BCUT2D eigenvalue weighted by atomic mass is 35.5. The van der Waals surface area contributed by atoms with Crippen LogP contribution >= 0.6 is 11.6 Å². The number of rotatable bonds is 6. The summed E-state index contributed by atoms with van der Waals surface area (Å²) >= 11 is 5.80.